The molecule has 2 N–H and O–H groups in total. The van der Waals surface area contributed by atoms with Crippen molar-refractivity contribution < 1.29 is 9.59 Å². The topological polar surface area (TPSA) is 80.3 Å². The second kappa shape index (κ2) is 8.04. The summed E-state index contributed by atoms with van der Waals surface area (Å²) >= 11 is 0. The van der Waals surface area contributed by atoms with E-state index in [9.17, 15) is 9.59 Å². The monoisotopic (exact) mass is 376 g/mol. The predicted molar refractivity (Wildman–Crippen MR) is 103 cm³/mol. The van der Waals surface area contributed by atoms with Gasteiger partial charge in [-0.05, 0) is 38.0 Å². The lowest BCUT2D eigenvalue weighted by Gasteiger charge is -2.42. The average molecular weight is 377 g/mol. The van der Waals surface area contributed by atoms with Gasteiger partial charge >= 0.3 is 6.03 Å². The largest absolute Gasteiger partial charge is 0.357 e. The molecule has 3 amide bonds. The molecule has 2 saturated heterocycles. The summed E-state index contributed by atoms with van der Waals surface area (Å²) in [6.07, 6.45) is 5.75. The Morgan fingerprint density at radius 1 is 1.19 bits per heavy atom. The SMILES string of the molecule is CCNC(=NCCN1C(=O)CNC1=O)N1CCN(C2CC3CCC2C3)CC1. The van der Waals surface area contributed by atoms with Gasteiger partial charge in [0.05, 0.1) is 19.6 Å². The van der Waals surface area contributed by atoms with Crippen molar-refractivity contribution in [3.63, 3.8) is 0 Å². The first-order valence-electron chi connectivity index (χ1n) is 10.5. The van der Waals surface area contributed by atoms with E-state index >= 15 is 0 Å². The van der Waals surface area contributed by atoms with E-state index in [0.717, 1.165) is 56.6 Å². The first-order chi connectivity index (χ1) is 13.2. The number of piperazine rings is 1. The van der Waals surface area contributed by atoms with E-state index in [-0.39, 0.29) is 18.5 Å². The van der Waals surface area contributed by atoms with E-state index in [2.05, 4.69) is 32.3 Å². The van der Waals surface area contributed by atoms with Crippen molar-refractivity contribution in [2.24, 2.45) is 16.8 Å². The van der Waals surface area contributed by atoms with Gasteiger partial charge in [0, 0.05) is 38.8 Å². The van der Waals surface area contributed by atoms with Crippen LogP contribution >= 0.6 is 0 Å². The first-order valence-corrected chi connectivity index (χ1v) is 10.5. The molecular weight excluding hydrogens is 344 g/mol. The van der Waals surface area contributed by atoms with Crippen LogP contribution in [0.25, 0.3) is 0 Å². The third-order valence-corrected chi connectivity index (χ3v) is 6.64. The third kappa shape index (κ3) is 3.90. The van der Waals surface area contributed by atoms with E-state index in [4.69, 9.17) is 0 Å². The number of nitrogens with one attached hydrogen (secondary N) is 2. The molecule has 2 bridgehead atoms. The van der Waals surface area contributed by atoms with E-state index in [1.54, 1.807) is 0 Å². The van der Waals surface area contributed by atoms with Gasteiger partial charge in [0.25, 0.3) is 0 Å². The van der Waals surface area contributed by atoms with E-state index in [1.165, 1.54) is 30.6 Å². The number of amides is 3. The van der Waals surface area contributed by atoms with Crippen molar-refractivity contribution in [1.82, 2.24) is 25.3 Å². The standard InChI is InChI=1S/C19H32N6O2/c1-2-20-18(21-5-6-25-17(26)13-22-19(25)27)24-9-7-23(8-10-24)16-12-14-3-4-15(16)11-14/h14-16H,2-13H2,1H3,(H,20,21)(H,22,27). The minimum absolute atomic E-state index is 0.105. The summed E-state index contributed by atoms with van der Waals surface area (Å²) in [6.45, 7) is 7.95. The van der Waals surface area contributed by atoms with Gasteiger partial charge in [-0.1, -0.05) is 6.42 Å². The highest BCUT2D eigenvalue weighted by atomic mass is 16.2. The number of carbonyl (C=O) groups excluding carboxylic acids is 2. The number of nitrogens with zero attached hydrogens (tertiary/aromatic N) is 4. The van der Waals surface area contributed by atoms with Crippen LogP contribution in [0.3, 0.4) is 0 Å². The molecule has 2 aliphatic carbocycles. The van der Waals surface area contributed by atoms with Crippen LogP contribution in [0.15, 0.2) is 4.99 Å². The zero-order chi connectivity index (χ0) is 18.8. The lowest BCUT2D eigenvalue weighted by molar-refractivity contribution is -0.124. The van der Waals surface area contributed by atoms with Crippen molar-refractivity contribution >= 4 is 17.9 Å². The normalized spacial score (nSPS) is 31.7. The van der Waals surface area contributed by atoms with Gasteiger partial charge in [0.15, 0.2) is 5.96 Å². The summed E-state index contributed by atoms with van der Waals surface area (Å²) in [7, 11) is 0. The van der Waals surface area contributed by atoms with Crippen molar-refractivity contribution in [2.45, 2.75) is 38.6 Å². The Balaban J connectivity index is 1.29. The number of guanidine groups is 1. The minimum Gasteiger partial charge on any atom is -0.357 e. The van der Waals surface area contributed by atoms with Gasteiger partial charge in [-0.25, -0.2) is 4.79 Å². The van der Waals surface area contributed by atoms with Gasteiger partial charge in [-0.2, -0.15) is 0 Å². The fourth-order valence-corrected chi connectivity index (χ4v) is 5.29. The molecular formula is C19H32N6O2. The van der Waals surface area contributed by atoms with Crippen LogP contribution in [0, 0.1) is 11.8 Å². The molecule has 2 heterocycles. The molecule has 3 unspecified atom stereocenters. The number of imide groups is 1. The first kappa shape index (κ1) is 18.5. The van der Waals surface area contributed by atoms with Crippen molar-refractivity contribution in [1.29, 1.82) is 0 Å². The molecule has 4 fully saturated rings. The average Bonchev–Trinajstić information content (AvgIpc) is 3.39. The Morgan fingerprint density at radius 3 is 2.59 bits per heavy atom. The Hall–Kier alpha value is -1.83. The third-order valence-electron chi connectivity index (χ3n) is 6.64. The van der Waals surface area contributed by atoms with Gasteiger partial charge in [-0.15, -0.1) is 0 Å². The highest BCUT2D eigenvalue weighted by Gasteiger charge is 2.42. The molecule has 8 heteroatoms. The van der Waals surface area contributed by atoms with Crippen LogP contribution in [-0.4, -0.2) is 91.0 Å². The summed E-state index contributed by atoms with van der Waals surface area (Å²) in [4.78, 5) is 34.2. The maximum absolute atomic E-state index is 11.7. The summed E-state index contributed by atoms with van der Waals surface area (Å²) in [6, 6.07) is 0.504. The van der Waals surface area contributed by atoms with Gasteiger partial charge < -0.3 is 15.5 Å². The zero-order valence-corrected chi connectivity index (χ0v) is 16.3. The number of hydrogen-bond donors (Lipinski definition) is 2. The predicted octanol–water partition coefficient (Wildman–Crippen LogP) is 0.310. The van der Waals surface area contributed by atoms with Gasteiger partial charge in [-0.3, -0.25) is 19.6 Å². The number of urea groups is 1. The summed E-state index contributed by atoms with van der Waals surface area (Å²) in [5.74, 6) is 2.66. The molecule has 3 atom stereocenters. The smallest absolute Gasteiger partial charge is 0.324 e. The van der Waals surface area contributed by atoms with Crippen LogP contribution < -0.4 is 10.6 Å². The minimum atomic E-state index is -0.306. The molecule has 4 aliphatic rings. The molecule has 8 nitrogen and oxygen atoms in total. The Labute approximate surface area is 161 Å². The van der Waals surface area contributed by atoms with Gasteiger partial charge in [0.2, 0.25) is 5.91 Å². The van der Waals surface area contributed by atoms with Gasteiger partial charge in [0.1, 0.15) is 0 Å². The summed E-state index contributed by atoms with van der Waals surface area (Å²) in [5.41, 5.74) is 0. The second-order valence-electron chi connectivity index (χ2n) is 8.20. The molecule has 2 aliphatic heterocycles. The fraction of sp³-hybridized carbons (Fsp3) is 0.842. The maximum Gasteiger partial charge on any atom is 0.324 e. The molecule has 0 spiro atoms. The van der Waals surface area contributed by atoms with Crippen LogP contribution in [-0.2, 0) is 4.79 Å². The number of aliphatic imine (C=N–C) groups is 1. The highest BCUT2D eigenvalue weighted by molar-refractivity contribution is 6.01. The fourth-order valence-electron chi connectivity index (χ4n) is 5.29. The zero-order valence-electron chi connectivity index (χ0n) is 16.3. The number of fused-ring (bicyclic) bond motifs is 2. The van der Waals surface area contributed by atoms with E-state index in [0.29, 0.717) is 13.1 Å². The Kier molecular flexibility index (Phi) is 5.52. The quantitative estimate of drug-likeness (QED) is 0.410. The van der Waals surface area contributed by atoms with Crippen molar-refractivity contribution in [2.75, 3.05) is 52.4 Å². The van der Waals surface area contributed by atoms with Crippen LogP contribution in [0.5, 0.6) is 0 Å². The molecule has 0 aromatic carbocycles. The van der Waals surface area contributed by atoms with E-state index in [1.807, 2.05) is 0 Å². The Bertz CT molecular complexity index is 585. The maximum atomic E-state index is 11.7. The van der Waals surface area contributed by atoms with Crippen LogP contribution in [0.4, 0.5) is 4.79 Å². The molecule has 4 rings (SSSR count). The molecule has 2 saturated carbocycles. The number of carbonyl (C=O) groups is 2. The molecule has 0 aromatic heterocycles. The van der Waals surface area contributed by atoms with Crippen LogP contribution in [0.1, 0.15) is 32.6 Å². The lowest BCUT2D eigenvalue weighted by atomic mass is 9.93. The summed E-state index contributed by atoms with van der Waals surface area (Å²) in [5, 5.41) is 5.91. The summed E-state index contributed by atoms with van der Waals surface area (Å²) < 4.78 is 0. The molecule has 0 radical (unpaired) electrons. The van der Waals surface area contributed by atoms with Crippen molar-refractivity contribution in [3.8, 4) is 0 Å². The molecule has 0 aromatic rings. The van der Waals surface area contributed by atoms with E-state index < -0.39 is 0 Å². The highest BCUT2D eigenvalue weighted by Crippen LogP contribution is 2.46. The Morgan fingerprint density at radius 2 is 2.00 bits per heavy atom. The molecule has 150 valence electrons. The second-order valence-corrected chi connectivity index (χ2v) is 8.20. The molecule has 27 heavy (non-hydrogen) atoms. The number of hydrogen-bond acceptors (Lipinski definition) is 4. The van der Waals surface area contributed by atoms with Crippen molar-refractivity contribution in [3.05, 3.63) is 0 Å². The lowest BCUT2D eigenvalue weighted by Crippen LogP contribution is -2.55. The van der Waals surface area contributed by atoms with Crippen LogP contribution in [0.2, 0.25) is 0 Å². The number of rotatable bonds is 5.